The molecule has 0 atom stereocenters. The maximum atomic E-state index is 12.8. The molecule has 160 valence electrons. The number of fused-ring (bicyclic) bond motifs is 4. The predicted octanol–water partition coefficient (Wildman–Crippen LogP) is 5.19. The zero-order valence-corrected chi connectivity index (χ0v) is 17.7. The summed E-state index contributed by atoms with van der Waals surface area (Å²) in [4.78, 5) is 15.0. The number of rotatable bonds is 3. The van der Waals surface area contributed by atoms with E-state index in [2.05, 4.69) is 4.90 Å². The third-order valence-electron chi connectivity index (χ3n) is 5.75. The van der Waals surface area contributed by atoms with Crippen LogP contribution in [0, 0.1) is 0 Å². The summed E-state index contributed by atoms with van der Waals surface area (Å²) in [5.74, 6) is 2.26. The van der Waals surface area contributed by atoms with Crippen LogP contribution in [0.25, 0.3) is 22.1 Å². The van der Waals surface area contributed by atoms with Crippen molar-refractivity contribution in [3.05, 3.63) is 87.2 Å². The molecule has 0 bridgehead atoms. The fraction of sp³-hybridized carbons (Fsp3) is 0.160. The van der Waals surface area contributed by atoms with Crippen molar-refractivity contribution in [2.75, 3.05) is 13.5 Å². The molecule has 6 rings (SSSR count). The second kappa shape index (κ2) is 7.58. The van der Waals surface area contributed by atoms with E-state index in [1.807, 2.05) is 48.5 Å². The first kappa shape index (κ1) is 19.2. The van der Waals surface area contributed by atoms with Crippen LogP contribution in [0.3, 0.4) is 0 Å². The Morgan fingerprint density at radius 3 is 2.56 bits per heavy atom. The summed E-state index contributed by atoms with van der Waals surface area (Å²) in [5, 5.41) is 1.47. The minimum Gasteiger partial charge on any atom is -0.478 e. The molecular weight excluding hydrogens is 430 g/mol. The van der Waals surface area contributed by atoms with Crippen LogP contribution in [-0.4, -0.2) is 18.4 Å². The van der Waals surface area contributed by atoms with Gasteiger partial charge >= 0.3 is 5.63 Å². The van der Waals surface area contributed by atoms with E-state index in [1.165, 1.54) is 0 Å². The van der Waals surface area contributed by atoms with E-state index in [4.69, 9.17) is 30.2 Å². The standard InChI is InChI=1S/C25H18ClNO5/c26-18-5-2-16(3-6-18)19-10-17-4-8-21-20(24(17)32-25(19)28)12-27(13-29-21)11-15-1-7-22-23(9-15)31-14-30-22/h1-10H,11-14H2. The third kappa shape index (κ3) is 3.38. The fourth-order valence-corrected chi connectivity index (χ4v) is 4.29. The Labute approximate surface area is 188 Å². The van der Waals surface area contributed by atoms with Gasteiger partial charge in [0, 0.05) is 23.5 Å². The van der Waals surface area contributed by atoms with Crippen molar-refractivity contribution in [2.45, 2.75) is 13.1 Å². The number of ether oxygens (including phenoxy) is 3. The maximum Gasteiger partial charge on any atom is 0.344 e. The van der Waals surface area contributed by atoms with Crippen LogP contribution in [0.2, 0.25) is 5.02 Å². The summed E-state index contributed by atoms with van der Waals surface area (Å²) < 4.78 is 22.6. The molecule has 0 fully saturated rings. The van der Waals surface area contributed by atoms with Gasteiger partial charge in [0.2, 0.25) is 6.79 Å². The zero-order valence-electron chi connectivity index (χ0n) is 17.0. The monoisotopic (exact) mass is 447 g/mol. The summed E-state index contributed by atoms with van der Waals surface area (Å²) in [6.07, 6.45) is 0. The second-order valence-corrected chi connectivity index (χ2v) is 8.30. The van der Waals surface area contributed by atoms with E-state index in [0.717, 1.165) is 39.3 Å². The van der Waals surface area contributed by atoms with Crippen molar-refractivity contribution in [1.82, 2.24) is 4.90 Å². The van der Waals surface area contributed by atoms with Gasteiger partial charge in [-0.05, 0) is 53.6 Å². The first-order valence-electron chi connectivity index (χ1n) is 10.2. The molecule has 2 aliphatic rings. The Balaban J connectivity index is 1.33. The average Bonchev–Trinajstić information content (AvgIpc) is 3.27. The molecule has 3 heterocycles. The molecule has 0 spiro atoms. The molecule has 0 saturated heterocycles. The Hall–Kier alpha value is -3.48. The first-order valence-corrected chi connectivity index (χ1v) is 10.6. The van der Waals surface area contributed by atoms with Crippen LogP contribution < -0.4 is 19.8 Å². The number of hydrogen-bond donors (Lipinski definition) is 0. The molecule has 2 aliphatic heterocycles. The van der Waals surface area contributed by atoms with Gasteiger partial charge in [-0.2, -0.15) is 0 Å². The zero-order chi connectivity index (χ0) is 21.7. The van der Waals surface area contributed by atoms with E-state index >= 15 is 0 Å². The lowest BCUT2D eigenvalue weighted by Crippen LogP contribution is -2.31. The number of nitrogens with zero attached hydrogens (tertiary/aromatic N) is 1. The molecule has 0 unspecified atom stereocenters. The van der Waals surface area contributed by atoms with E-state index in [0.29, 0.717) is 36.0 Å². The highest BCUT2D eigenvalue weighted by atomic mass is 35.5. The number of benzene rings is 3. The lowest BCUT2D eigenvalue weighted by atomic mass is 10.0. The van der Waals surface area contributed by atoms with Crippen LogP contribution in [-0.2, 0) is 13.1 Å². The average molecular weight is 448 g/mol. The van der Waals surface area contributed by atoms with Gasteiger partial charge in [-0.3, -0.25) is 4.90 Å². The van der Waals surface area contributed by atoms with E-state index < -0.39 is 0 Å². The second-order valence-electron chi connectivity index (χ2n) is 7.86. The Kier molecular flexibility index (Phi) is 4.56. The normalized spacial score (nSPS) is 14.9. The van der Waals surface area contributed by atoms with Crippen molar-refractivity contribution in [3.8, 4) is 28.4 Å². The SMILES string of the molecule is O=c1oc2c3c(ccc2cc1-c1ccc(Cl)cc1)OCN(Cc1ccc2c(c1)OCO2)C3. The lowest BCUT2D eigenvalue weighted by molar-refractivity contribution is 0.0889. The highest BCUT2D eigenvalue weighted by Crippen LogP contribution is 2.35. The Bertz CT molecular complexity index is 1400. The van der Waals surface area contributed by atoms with Gasteiger partial charge in [0.1, 0.15) is 18.1 Å². The van der Waals surface area contributed by atoms with Crippen molar-refractivity contribution in [2.24, 2.45) is 0 Å². The summed E-state index contributed by atoms with van der Waals surface area (Å²) in [6.45, 7) is 1.96. The van der Waals surface area contributed by atoms with Gasteiger partial charge in [0.15, 0.2) is 11.5 Å². The largest absolute Gasteiger partial charge is 0.478 e. The van der Waals surface area contributed by atoms with Crippen LogP contribution >= 0.6 is 11.6 Å². The van der Waals surface area contributed by atoms with Crippen molar-refractivity contribution in [1.29, 1.82) is 0 Å². The maximum absolute atomic E-state index is 12.8. The fourth-order valence-electron chi connectivity index (χ4n) is 4.17. The molecule has 4 aromatic rings. The van der Waals surface area contributed by atoms with Crippen LogP contribution in [0.5, 0.6) is 17.2 Å². The third-order valence-corrected chi connectivity index (χ3v) is 6.00. The number of hydrogen-bond acceptors (Lipinski definition) is 6. The molecule has 6 nitrogen and oxygen atoms in total. The van der Waals surface area contributed by atoms with Gasteiger partial charge < -0.3 is 18.6 Å². The Morgan fingerprint density at radius 1 is 0.875 bits per heavy atom. The summed E-state index contributed by atoms with van der Waals surface area (Å²) in [5.41, 5.74) is 3.40. The Morgan fingerprint density at radius 2 is 1.69 bits per heavy atom. The summed E-state index contributed by atoms with van der Waals surface area (Å²) >= 11 is 5.98. The molecule has 0 radical (unpaired) electrons. The molecule has 0 aliphatic carbocycles. The van der Waals surface area contributed by atoms with Gasteiger partial charge in [0.05, 0.1) is 11.1 Å². The lowest BCUT2D eigenvalue weighted by Gasteiger charge is -2.29. The first-order chi connectivity index (χ1) is 15.6. The molecule has 0 N–H and O–H groups in total. The summed E-state index contributed by atoms with van der Waals surface area (Å²) in [6, 6.07) is 18.8. The predicted molar refractivity (Wildman–Crippen MR) is 120 cm³/mol. The molecule has 7 heteroatoms. The van der Waals surface area contributed by atoms with Gasteiger partial charge in [-0.1, -0.05) is 29.8 Å². The van der Waals surface area contributed by atoms with Gasteiger partial charge in [0.25, 0.3) is 0 Å². The minimum atomic E-state index is -0.388. The molecule has 0 amide bonds. The van der Waals surface area contributed by atoms with Gasteiger partial charge in [-0.15, -0.1) is 0 Å². The van der Waals surface area contributed by atoms with Crippen molar-refractivity contribution >= 4 is 22.6 Å². The van der Waals surface area contributed by atoms with Gasteiger partial charge in [-0.25, -0.2) is 4.79 Å². The molecule has 32 heavy (non-hydrogen) atoms. The van der Waals surface area contributed by atoms with Crippen LogP contribution in [0.15, 0.2) is 69.9 Å². The van der Waals surface area contributed by atoms with E-state index in [-0.39, 0.29) is 12.4 Å². The highest BCUT2D eigenvalue weighted by Gasteiger charge is 2.23. The quantitative estimate of drug-likeness (QED) is 0.402. The smallest absolute Gasteiger partial charge is 0.344 e. The van der Waals surface area contributed by atoms with Crippen LogP contribution in [0.4, 0.5) is 0 Å². The molecular formula is C25H18ClNO5. The topological polar surface area (TPSA) is 61.1 Å². The van der Waals surface area contributed by atoms with Crippen molar-refractivity contribution < 1.29 is 18.6 Å². The number of halogens is 1. The van der Waals surface area contributed by atoms with Crippen LogP contribution in [0.1, 0.15) is 11.1 Å². The molecule has 0 saturated carbocycles. The highest BCUT2D eigenvalue weighted by molar-refractivity contribution is 6.30. The van der Waals surface area contributed by atoms with E-state index in [9.17, 15) is 4.79 Å². The van der Waals surface area contributed by atoms with Crippen molar-refractivity contribution in [3.63, 3.8) is 0 Å². The van der Waals surface area contributed by atoms with E-state index in [1.54, 1.807) is 12.1 Å². The molecule has 3 aromatic carbocycles. The summed E-state index contributed by atoms with van der Waals surface area (Å²) in [7, 11) is 0. The minimum absolute atomic E-state index is 0.252. The molecule has 1 aromatic heterocycles.